The van der Waals surface area contributed by atoms with Crippen LogP contribution in [0.5, 0.6) is 5.75 Å². The van der Waals surface area contributed by atoms with Crippen LogP contribution in [0.4, 0.5) is 4.39 Å². The van der Waals surface area contributed by atoms with E-state index >= 15 is 0 Å². The van der Waals surface area contributed by atoms with Crippen molar-refractivity contribution in [1.29, 1.82) is 0 Å². The largest absolute Gasteiger partial charge is 0.507 e. The van der Waals surface area contributed by atoms with Gasteiger partial charge in [0.2, 0.25) is 0 Å². The molecule has 4 heteroatoms. The zero-order valence-electron chi connectivity index (χ0n) is 6.57. The standard InChI is InChI=1S/C9H6FNOS/c10-6-1-2-9(12)7(3-6)8-4-13-5-11-8/h1-5,12H. The molecule has 0 aliphatic rings. The lowest BCUT2D eigenvalue weighted by Gasteiger charge is -1.99. The van der Waals surface area contributed by atoms with Gasteiger partial charge in [-0.25, -0.2) is 9.37 Å². The first-order valence-corrected chi connectivity index (χ1v) is 4.59. The van der Waals surface area contributed by atoms with Crippen LogP contribution in [0.1, 0.15) is 0 Å². The molecular formula is C9H6FNOS. The number of rotatable bonds is 1. The fourth-order valence-electron chi connectivity index (χ4n) is 1.06. The molecule has 0 saturated carbocycles. The third-order valence-corrected chi connectivity index (χ3v) is 2.25. The minimum atomic E-state index is -0.374. The first kappa shape index (κ1) is 8.19. The number of phenols is 1. The Labute approximate surface area is 78.3 Å². The molecule has 66 valence electrons. The summed E-state index contributed by atoms with van der Waals surface area (Å²) in [5, 5.41) is 11.2. The number of halogens is 1. The maximum absolute atomic E-state index is 12.8. The summed E-state index contributed by atoms with van der Waals surface area (Å²) in [6, 6.07) is 3.81. The molecule has 0 aliphatic heterocycles. The lowest BCUT2D eigenvalue weighted by atomic mass is 10.1. The Morgan fingerprint density at radius 1 is 1.38 bits per heavy atom. The van der Waals surface area contributed by atoms with E-state index in [4.69, 9.17) is 0 Å². The van der Waals surface area contributed by atoms with Gasteiger partial charge < -0.3 is 5.11 Å². The van der Waals surface area contributed by atoms with E-state index in [1.54, 1.807) is 10.9 Å². The second-order valence-electron chi connectivity index (χ2n) is 2.54. The number of benzene rings is 1. The van der Waals surface area contributed by atoms with Crippen molar-refractivity contribution in [1.82, 2.24) is 4.98 Å². The van der Waals surface area contributed by atoms with Gasteiger partial charge in [0.15, 0.2) is 0 Å². The van der Waals surface area contributed by atoms with Gasteiger partial charge in [-0.1, -0.05) is 0 Å². The number of nitrogens with zero attached hydrogens (tertiary/aromatic N) is 1. The van der Waals surface area contributed by atoms with Crippen molar-refractivity contribution in [2.45, 2.75) is 0 Å². The highest BCUT2D eigenvalue weighted by atomic mass is 32.1. The lowest BCUT2D eigenvalue weighted by Crippen LogP contribution is -1.80. The molecule has 2 nitrogen and oxygen atoms in total. The van der Waals surface area contributed by atoms with Gasteiger partial charge in [-0.2, -0.15) is 0 Å². The third kappa shape index (κ3) is 1.53. The number of aromatic hydroxyl groups is 1. The van der Waals surface area contributed by atoms with Crippen molar-refractivity contribution < 1.29 is 9.50 Å². The van der Waals surface area contributed by atoms with E-state index in [1.165, 1.54) is 29.5 Å². The average Bonchev–Trinajstić information content (AvgIpc) is 2.61. The van der Waals surface area contributed by atoms with Gasteiger partial charge in [0.25, 0.3) is 0 Å². The Hall–Kier alpha value is -1.42. The van der Waals surface area contributed by atoms with E-state index in [0.29, 0.717) is 11.3 Å². The van der Waals surface area contributed by atoms with Crippen molar-refractivity contribution in [2.75, 3.05) is 0 Å². The predicted molar refractivity (Wildman–Crippen MR) is 49.2 cm³/mol. The summed E-state index contributed by atoms with van der Waals surface area (Å²) in [4.78, 5) is 3.98. The highest BCUT2D eigenvalue weighted by Crippen LogP contribution is 2.28. The fraction of sp³-hybridized carbons (Fsp3) is 0. The van der Waals surface area contributed by atoms with E-state index in [1.807, 2.05) is 0 Å². The van der Waals surface area contributed by atoms with Gasteiger partial charge in [0.1, 0.15) is 11.6 Å². The molecular weight excluding hydrogens is 189 g/mol. The van der Waals surface area contributed by atoms with E-state index in [2.05, 4.69) is 4.98 Å². The first-order chi connectivity index (χ1) is 6.27. The number of thiazole rings is 1. The third-order valence-electron chi connectivity index (χ3n) is 1.67. The monoisotopic (exact) mass is 195 g/mol. The van der Waals surface area contributed by atoms with Crippen LogP contribution in [-0.2, 0) is 0 Å². The molecule has 0 aliphatic carbocycles. The van der Waals surface area contributed by atoms with E-state index < -0.39 is 0 Å². The molecule has 0 amide bonds. The molecule has 2 rings (SSSR count). The highest BCUT2D eigenvalue weighted by Gasteiger charge is 2.06. The molecule has 0 fully saturated rings. The highest BCUT2D eigenvalue weighted by molar-refractivity contribution is 7.07. The molecule has 0 spiro atoms. The van der Waals surface area contributed by atoms with Crippen molar-refractivity contribution in [3.63, 3.8) is 0 Å². The normalized spacial score (nSPS) is 10.2. The van der Waals surface area contributed by atoms with E-state index in [9.17, 15) is 9.50 Å². The molecule has 0 unspecified atom stereocenters. The van der Waals surface area contributed by atoms with Crippen molar-refractivity contribution in [3.05, 3.63) is 34.9 Å². The van der Waals surface area contributed by atoms with Gasteiger partial charge in [-0.05, 0) is 18.2 Å². The molecule has 1 N–H and O–H groups in total. The van der Waals surface area contributed by atoms with Crippen molar-refractivity contribution in [3.8, 4) is 17.0 Å². The van der Waals surface area contributed by atoms with Crippen LogP contribution in [0.2, 0.25) is 0 Å². The summed E-state index contributed by atoms with van der Waals surface area (Å²) >= 11 is 1.40. The van der Waals surface area contributed by atoms with Gasteiger partial charge in [-0.3, -0.25) is 0 Å². The van der Waals surface area contributed by atoms with Gasteiger partial charge in [0, 0.05) is 10.9 Å². The number of aromatic nitrogens is 1. The summed E-state index contributed by atoms with van der Waals surface area (Å²) in [6.07, 6.45) is 0. The average molecular weight is 195 g/mol. The Kier molecular flexibility index (Phi) is 1.98. The molecule has 1 aromatic heterocycles. The second kappa shape index (κ2) is 3.14. The first-order valence-electron chi connectivity index (χ1n) is 3.64. The Bertz CT molecular complexity index is 414. The molecule has 0 atom stereocenters. The van der Waals surface area contributed by atoms with Crippen LogP contribution in [0.15, 0.2) is 29.1 Å². The zero-order valence-corrected chi connectivity index (χ0v) is 7.38. The quantitative estimate of drug-likeness (QED) is 0.758. The predicted octanol–water partition coefficient (Wildman–Crippen LogP) is 2.65. The van der Waals surface area contributed by atoms with E-state index in [-0.39, 0.29) is 11.6 Å². The number of hydrogen-bond acceptors (Lipinski definition) is 3. The van der Waals surface area contributed by atoms with Crippen LogP contribution in [0, 0.1) is 5.82 Å². The molecule has 13 heavy (non-hydrogen) atoms. The zero-order chi connectivity index (χ0) is 9.26. The van der Waals surface area contributed by atoms with Crippen LogP contribution in [0.25, 0.3) is 11.3 Å². The Morgan fingerprint density at radius 3 is 2.92 bits per heavy atom. The molecule has 2 aromatic rings. The number of phenolic OH excluding ortho intramolecular Hbond substituents is 1. The van der Waals surface area contributed by atoms with Crippen molar-refractivity contribution in [2.24, 2.45) is 0 Å². The molecule has 0 radical (unpaired) electrons. The topological polar surface area (TPSA) is 33.1 Å². The maximum atomic E-state index is 12.8. The minimum Gasteiger partial charge on any atom is -0.507 e. The van der Waals surface area contributed by atoms with E-state index in [0.717, 1.165) is 0 Å². The molecule has 1 aromatic carbocycles. The van der Waals surface area contributed by atoms with Crippen molar-refractivity contribution >= 4 is 11.3 Å². The Balaban J connectivity index is 2.57. The second-order valence-corrected chi connectivity index (χ2v) is 3.25. The van der Waals surface area contributed by atoms with Crippen LogP contribution in [-0.4, -0.2) is 10.1 Å². The van der Waals surface area contributed by atoms with Crippen LogP contribution >= 0.6 is 11.3 Å². The molecule has 1 heterocycles. The smallest absolute Gasteiger partial charge is 0.125 e. The van der Waals surface area contributed by atoms with Crippen LogP contribution < -0.4 is 0 Å². The Morgan fingerprint density at radius 2 is 2.23 bits per heavy atom. The summed E-state index contributed by atoms with van der Waals surface area (Å²) in [5.41, 5.74) is 2.67. The fourth-order valence-corrected chi connectivity index (χ4v) is 1.61. The summed E-state index contributed by atoms with van der Waals surface area (Å²) in [5.74, 6) is -0.326. The summed E-state index contributed by atoms with van der Waals surface area (Å²) in [6.45, 7) is 0. The van der Waals surface area contributed by atoms with Gasteiger partial charge >= 0.3 is 0 Å². The van der Waals surface area contributed by atoms with Crippen LogP contribution in [0.3, 0.4) is 0 Å². The SMILES string of the molecule is Oc1ccc(F)cc1-c1cscn1. The maximum Gasteiger partial charge on any atom is 0.125 e. The molecule has 0 saturated heterocycles. The lowest BCUT2D eigenvalue weighted by molar-refractivity contribution is 0.475. The van der Waals surface area contributed by atoms with Gasteiger partial charge in [0.05, 0.1) is 11.2 Å². The summed E-state index contributed by atoms with van der Waals surface area (Å²) in [7, 11) is 0. The minimum absolute atomic E-state index is 0.0484. The summed E-state index contributed by atoms with van der Waals surface area (Å²) < 4.78 is 12.8. The van der Waals surface area contributed by atoms with Gasteiger partial charge in [-0.15, -0.1) is 11.3 Å². The molecule has 0 bridgehead atoms. The number of hydrogen-bond donors (Lipinski definition) is 1.